The number of aryl methyl sites for hydroxylation is 1. The average Bonchev–Trinajstić information content (AvgIpc) is 3.20. The minimum absolute atomic E-state index is 0. The van der Waals surface area contributed by atoms with Crippen molar-refractivity contribution in [1.29, 1.82) is 0 Å². The third-order valence-corrected chi connectivity index (χ3v) is 4.06. The van der Waals surface area contributed by atoms with Crippen molar-refractivity contribution in [1.82, 2.24) is 20.0 Å². The van der Waals surface area contributed by atoms with Gasteiger partial charge in [0.15, 0.2) is 5.96 Å². The van der Waals surface area contributed by atoms with E-state index in [4.69, 9.17) is 14.5 Å². The molecule has 1 fully saturated rings. The molecule has 1 aliphatic rings. The minimum Gasteiger partial charge on any atom is -0.382 e. The average molecular weight is 465 g/mol. The van der Waals surface area contributed by atoms with Crippen molar-refractivity contribution >= 4 is 29.9 Å². The molecule has 1 aromatic rings. The molecule has 1 unspecified atom stereocenters. The fourth-order valence-electron chi connectivity index (χ4n) is 2.83. The van der Waals surface area contributed by atoms with E-state index in [2.05, 4.69) is 29.2 Å². The summed E-state index contributed by atoms with van der Waals surface area (Å²) in [5.74, 6) is 1.57. The van der Waals surface area contributed by atoms with Crippen LogP contribution in [0.3, 0.4) is 0 Å². The fraction of sp³-hybridized carbons (Fsp3) is 0.765. The number of hydrogen-bond acceptors (Lipinski definition) is 4. The van der Waals surface area contributed by atoms with Crippen molar-refractivity contribution in [2.45, 2.75) is 26.8 Å². The molecule has 0 aromatic carbocycles. The number of ether oxygens (including phenoxy) is 2. The lowest BCUT2D eigenvalue weighted by molar-refractivity contribution is 0.0536. The number of methoxy groups -OCH3 is 1. The molecule has 2 rings (SSSR count). The second kappa shape index (κ2) is 12.5. The lowest BCUT2D eigenvalue weighted by Crippen LogP contribution is -2.40. The van der Waals surface area contributed by atoms with Crippen molar-refractivity contribution in [2.24, 2.45) is 10.9 Å². The molecular formula is C17H32IN5O2. The highest BCUT2D eigenvalue weighted by molar-refractivity contribution is 14.0. The Kier molecular flexibility index (Phi) is 11.1. The summed E-state index contributed by atoms with van der Waals surface area (Å²) in [4.78, 5) is 7.09. The fourth-order valence-corrected chi connectivity index (χ4v) is 2.83. The predicted octanol–water partition coefficient (Wildman–Crippen LogP) is 1.76. The van der Waals surface area contributed by atoms with Crippen molar-refractivity contribution in [3.63, 3.8) is 0 Å². The zero-order chi connectivity index (χ0) is 17.2. The van der Waals surface area contributed by atoms with Crippen LogP contribution in [-0.2, 0) is 16.0 Å². The van der Waals surface area contributed by atoms with Gasteiger partial charge in [-0.1, -0.05) is 0 Å². The maximum absolute atomic E-state index is 5.66. The molecule has 0 amide bonds. The molecule has 1 aromatic heterocycles. The van der Waals surface area contributed by atoms with Crippen molar-refractivity contribution < 1.29 is 9.47 Å². The number of halogens is 1. The van der Waals surface area contributed by atoms with Gasteiger partial charge in [0.1, 0.15) is 0 Å². The minimum atomic E-state index is 0. The largest absolute Gasteiger partial charge is 0.382 e. The van der Waals surface area contributed by atoms with Gasteiger partial charge in [0, 0.05) is 38.9 Å². The molecule has 0 aliphatic carbocycles. The van der Waals surface area contributed by atoms with Crippen LogP contribution in [0.2, 0.25) is 0 Å². The molecule has 1 aliphatic heterocycles. The normalized spacial score (nSPS) is 17.6. The zero-order valence-corrected chi connectivity index (χ0v) is 17.9. The molecule has 7 nitrogen and oxygen atoms in total. The first kappa shape index (κ1) is 22.2. The number of hydrogen-bond donors (Lipinski definition) is 1. The van der Waals surface area contributed by atoms with Gasteiger partial charge in [0.05, 0.1) is 39.1 Å². The van der Waals surface area contributed by atoms with Crippen LogP contribution >= 0.6 is 24.0 Å². The van der Waals surface area contributed by atoms with Crippen LogP contribution in [0.5, 0.6) is 0 Å². The monoisotopic (exact) mass is 465 g/mol. The van der Waals surface area contributed by atoms with E-state index < -0.39 is 0 Å². The van der Waals surface area contributed by atoms with Crippen molar-refractivity contribution in [3.05, 3.63) is 18.0 Å². The van der Waals surface area contributed by atoms with Crippen LogP contribution in [-0.4, -0.2) is 73.7 Å². The molecule has 1 N–H and O–H groups in total. The number of nitrogens with one attached hydrogen (secondary N) is 1. The Balaban J connectivity index is 0.00000312. The van der Waals surface area contributed by atoms with Gasteiger partial charge in [0.2, 0.25) is 0 Å². The Hall–Kier alpha value is -0.870. The summed E-state index contributed by atoms with van der Waals surface area (Å²) in [6, 6.07) is 0. The Morgan fingerprint density at radius 1 is 1.44 bits per heavy atom. The number of nitrogens with zero attached hydrogens (tertiary/aromatic N) is 4. The van der Waals surface area contributed by atoms with E-state index in [1.165, 1.54) is 5.56 Å². The van der Waals surface area contributed by atoms with Gasteiger partial charge < -0.3 is 19.7 Å². The van der Waals surface area contributed by atoms with Crippen molar-refractivity contribution in [3.8, 4) is 0 Å². The number of aliphatic imine (C=N–C) groups is 1. The molecule has 8 heteroatoms. The van der Waals surface area contributed by atoms with E-state index in [1.807, 2.05) is 17.1 Å². The molecule has 0 spiro atoms. The Morgan fingerprint density at radius 2 is 2.28 bits per heavy atom. The highest BCUT2D eigenvalue weighted by Gasteiger charge is 2.24. The molecular weight excluding hydrogens is 433 g/mol. The number of guanidine groups is 1. The van der Waals surface area contributed by atoms with Crippen LogP contribution in [0, 0.1) is 12.8 Å². The number of aromatic nitrogens is 2. The van der Waals surface area contributed by atoms with E-state index in [9.17, 15) is 0 Å². The van der Waals surface area contributed by atoms with Gasteiger partial charge in [-0.25, -0.2) is 0 Å². The van der Waals surface area contributed by atoms with Crippen LogP contribution < -0.4 is 5.32 Å². The second-order valence-electron chi connectivity index (χ2n) is 6.18. The zero-order valence-electron chi connectivity index (χ0n) is 15.6. The first-order chi connectivity index (χ1) is 11.7. The van der Waals surface area contributed by atoms with Gasteiger partial charge in [-0.3, -0.25) is 9.67 Å². The van der Waals surface area contributed by atoms with E-state index in [0.29, 0.717) is 19.1 Å². The van der Waals surface area contributed by atoms with Crippen LogP contribution in [0.4, 0.5) is 0 Å². The molecule has 144 valence electrons. The summed E-state index contributed by atoms with van der Waals surface area (Å²) < 4.78 is 12.6. The molecule has 1 saturated heterocycles. The smallest absolute Gasteiger partial charge is 0.193 e. The number of rotatable bonds is 9. The maximum atomic E-state index is 5.66. The summed E-state index contributed by atoms with van der Waals surface area (Å²) in [5.41, 5.74) is 1.18. The van der Waals surface area contributed by atoms with Crippen LogP contribution in [0.1, 0.15) is 18.9 Å². The van der Waals surface area contributed by atoms with Gasteiger partial charge in [-0.05, 0) is 25.8 Å². The quantitative estimate of drug-likeness (QED) is 0.261. The van der Waals surface area contributed by atoms with Crippen LogP contribution in [0.15, 0.2) is 17.4 Å². The SMILES string of the molecule is CCNC(=NCCn1cc(C)cn1)N1CCC(COCCOC)C1.I. The number of likely N-dealkylation sites (tertiary alicyclic amines) is 1. The van der Waals surface area contributed by atoms with E-state index in [1.54, 1.807) is 7.11 Å². The Bertz CT molecular complexity index is 509. The third kappa shape index (κ3) is 7.91. The highest BCUT2D eigenvalue weighted by atomic mass is 127. The van der Waals surface area contributed by atoms with E-state index in [-0.39, 0.29) is 24.0 Å². The summed E-state index contributed by atoms with van der Waals surface area (Å²) in [7, 11) is 1.70. The Labute approximate surface area is 168 Å². The van der Waals surface area contributed by atoms with Gasteiger partial charge in [-0.15, -0.1) is 24.0 Å². The molecule has 0 radical (unpaired) electrons. The lowest BCUT2D eigenvalue weighted by Gasteiger charge is -2.21. The van der Waals surface area contributed by atoms with E-state index in [0.717, 1.165) is 51.7 Å². The molecule has 0 bridgehead atoms. The summed E-state index contributed by atoms with van der Waals surface area (Å²) >= 11 is 0. The van der Waals surface area contributed by atoms with Gasteiger partial charge >= 0.3 is 0 Å². The Morgan fingerprint density at radius 3 is 2.96 bits per heavy atom. The maximum Gasteiger partial charge on any atom is 0.193 e. The van der Waals surface area contributed by atoms with Crippen molar-refractivity contribution in [2.75, 3.05) is 53.1 Å². The third-order valence-electron chi connectivity index (χ3n) is 4.06. The predicted molar refractivity (Wildman–Crippen MR) is 111 cm³/mol. The second-order valence-corrected chi connectivity index (χ2v) is 6.18. The van der Waals surface area contributed by atoms with E-state index >= 15 is 0 Å². The summed E-state index contributed by atoms with van der Waals surface area (Å²) in [6.45, 7) is 10.7. The van der Waals surface area contributed by atoms with Gasteiger partial charge in [-0.2, -0.15) is 5.10 Å². The topological polar surface area (TPSA) is 63.9 Å². The van der Waals surface area contributed by atoms with Gasteiger partial charge in [0.25, 0.3) is 0 Å². The van der Waals surface area contributed by atoms with Crippen LogP contribution in [0.25, 0.3) is 0 Å². The summed E-state index contributed by atoms with van der Waals surface area (Å²) in [5, 5.41) is 7.70. The highest BCUT2D eigenvalue weighted by Crippen LogP contribution is 2.16. The molecule has 0 saturated carbocycles. The first-order valence-electron chi connectivity index (χ1n) is 8.82. The molecule has 1 atom stereocenters. The standard InChI is InChI=1S/C17H31N5O2.HI/c1-4-18-17(19-6-8-22-12-15(2)11-20-22)21-7-5-16(13-21)14-24-10-9-23-3;/h11-12,16H,4-10,13-14H2,1-3H3,(H,18,19);1H. The molecule has 2 heterocycles. The lowest BCUT2D eigenvalue weighted by atomic mass is 10.1. The summed E-state index contributed by atoms with van der Waals surface area (Å²) in [6.07, 6.45) is 5.07. The first-order valence-corrected chi connectivity index (χ1v) is 8.82. The molecule has 25 heavy (non-hydrogen) atoms.